The smallest absolute Gasteiger partial charge is 0.123 e. The van der Waals surface area contributed by atoms with Gasteiger partial charge < -0.3 is 9.80 Å². The van der Waals surface area contributed by atoms with Crippen LogP contribution < -0.4 is 9.80 Å². The van der Waals surface area contributed by atoms with Crippen molar-refractivity contribution in [1.29, 1.82) is 0 Å². The summed E-state index contributed by atoms with van der Waals surface area (Å²) in [6, 6.07) is 13.3. The van der Waals surface area contributed by atoms with Crippen molar-refractivity contribution in [2.24, 2.45) is 0 Å². The quantitative estimate of drug-likeness (QED) is 0.755. The fourth-order valence-corrected chi connectivity index (χ4v) is 3.13. The number of nitrogens with zero attached hydrogens (tertiary/aromatic N) is 2. The summed E-state index contributed by atoms with van der Waals surface area (Å²) in [5.74, 6) is -0.189. The molecule has 4 heteroatoms. The molecule has 104 valence electrons. The molecule has 1 heterocycles. The molecule has 0 saturated carbocycles. The van der Waals surface area contributed by atoms with E-state index >= 15 is 0 Å². The van der Waals surface area contributed by atoms with E-state index in [4.69, 9.17) is 0 Å². The summed E-state index contributed by atoms with van der Waals surface area (Å²) < 4.78 is 13.4. The summed E-state index contributed by atoms with van der Waals surface area (Å²) >= 11 is 3.46. The lowest BCUT2D eigenvalue weighted by atomic mass is 10.1. The zero-order valence-electron chi connectivity index (χ0n) is 11.3. The molecule has 1 aliphatic rings. The first-order valence-electron chi connectivity index (χ1n) is 6.63. The van der Waals surface area contributed by atoms with Crippen LogP contribution >= 0.6 is 15.9 Å². The summed E-state index contributed by atoms with van der Waals surface area (Å²) in [6.07, 6.45) is 0. The Kier molecular flexibility index (Phi) is 3.66. The van der Waals surface area contributed by atoms with E-state index in [0.29, 0.717) is 5.33 Å². The van der Waals surface area contributed by atoms with E-state index in [-0.39, 0.29) is 5.82 Å². The summed E-state index contributed by atoms with van der Waals surface area (Å²) in [5, 5.41) is 0.647. The van der Waals surface area contributed by atoms with Crippen LogP contribution in [0.1, 0.15) is 5.56 Å². The maximum absolute atomic E-state index is 13.4. The fourth-order valence-electron chi connectivity index (χ4n) is 2.68. The van der Waals surface area contributed by atoms with Gasteiger partial charge in [0, 0.05) is 31.2 Å². The minimum Gasteiger partial charge on any atom is -0.371 e. The van der Waals surface area contributed by atoms with E-state index in [1.54, 1.807) is 6.07 Å². The molecule has 0 saturated heterocycles. The maximum atomic E-state index is 13.4. The number of benzene rings is 2. The van der Waals surface area contributed by atoms with Gasteiger partial charge in [0.2, 0.25) is 0 Å². The van der Waals surface area contributed by atoms with Gasteiger partial charge in [-0.15, -0.1) is 0 Å². The lowest BCUT2D eigenvalue weighted by Gasteiger charge is -2.37. The Balaban J connectivity index is 2.10. The average molecular weight is 335 g/mol. The van der Waals surface area contributed by atoms with E-state index in [1.807, 2.05) is 12.1 Å². The standard InChI is InChI=1S/C16H16BrFN2/c1-19-8-9-20(16-5-3-2-4-15(16)19)14-7-6-13(18)10-12(14)11-17/h2-7,10H,8-9,11H2,1H3. The second-order valence-electron chi connectivity index (χ2n) is 4.97. The third kappa shape index (κ3) is 2.29. The molecule has 3 rings (SSSR count). The van der Waals surface area contributed by atoms with Gasteiger partial charge in [-0.1, -0.05) is 28.1 Å². The second-order valence-corrected chi connectivity index (χ2v) is 5.53. The lowest BCUT2D eigenvalue weighted by Crippen LogP contribution is -2.36. The molecule has 20 heavy (non-hydrogen) atoms. The van der Waals surface area contributed by atoms with Gasteiger partial charge in [-0.3, -0.25) is 0 Å². The summed E-state index contributed by atoms with van der Waals surface area (Å²) in [4.78, 5) is 4.52. The number of hydrogen-bond donors (Lipinski definition) is 0. The highest BCUT2D eigenvalue weighted by Gasteiger charge is 2.22. The topological polar surface area (TPSA) is 6.48 Å². The van der Waals surface area contributed by atoms with Crippen molar-refractivity contribution in [3.8, 4) is 0 Å². The van der Waals surface area contributed by atoms with Crippen LogP contribution in [0.2, 0.25) is 0 Å². The van der Waals surface area contributed by atoms with Crippen LogP contribution in [0.4, 0.5) is 21.5 Å². The fraction of sp³-hybridized carbons (Fsp3) is 0.250. The molecular weight excluding hydrogens is 319 g/mol. The molecule has 0 aliphatic carbocycles. The molecule has 0 radical (unpaired) electrons. The second kappa shape index (κ2) is 5.44. The Morgan fingerprint density at radius 1 is 1.05 bits per heavy atom. The van der Waals surface area contributed by atoms with Gasteiger partial charge in [0.1, 0.15) is 5.82 Å². The predicted molar refractivity (Wildman–Crippen MR) is 85.7 cm³/mol. The molecule has 2 aromatic carbocycles. The van der Waals surface area contributed by atoms with Crippen LogP contribution in [0.3, 0.4) is 0 Å². The first-order chi connectivity index (χ1) is 9.70. The summed E-state index contributed by atoms with van der Waals surface area (Å²) in [6.45, 7) is 1.86. The molecule has 0 bridgehead atoms. The zero-order chi connectivity index (χ0) is 14.1. The highest BCUT2D eigenvalue weighted by Crippen LogP contribution is 2.38. The molecular formula is C16H16BrFN2. The van der Waals surface area contributed by atoms with Gasteiger partial charge in [-0.25, -0.2) is 4.39 Å². The van der Waals surface area contributed by atoms with Crippen molar-refractivity contribution in [2.75, 3.05) is 29.9 Å². The average Bonchev–Trinajstić information content (AvgIpc) is 2.48. The zero-order valence-corrected chi connectivity index (χ0v) is 12.9. The third-order valence-electron chi connectivity index (χ3n) is 3.72. The Hall–Kier alpha value is -1.55. The van der Waals surface area contributed by atoms with Gasteiger partial charge in [-0.05, 0) is 35.9 Å². The van der Waals surface area contributed by atoms with Crippen molar-refractivity contribution in [1.82, 2.24) is 0 Å². The number of anilines is 3. The first kappa shape index (κ1) is 13.4. The number of rotatable bonds is 2. The maximum Gasteiger partial charge on any atom is 0.123 e. The minimum atomic E-state index is -0.189. The van der Waals surface area contributed by atoms with Gasteiger partial charge in [0.25, 0.3) is 0 Å². The molecule has 0 amide bonds. The van der Waals surface area contributed by atoms with E-state index < -0.39 is 0 Å². The van der Waals surface area contributed by atoms with E-state index in [0.717, 1.165) is 24.3 Å². The van der Waals surface area contributed by atoms with Crippen molar-refractivity contribution in [3.05, 3.63) is 53.8 Å². The first-order valence-corrected chi connectivity index (χ1v) is 7.75. The number of likely N-dealkylation sites (N-methyl/N-ethyl adjacent to an activating group) is 1. The predicted octanol–water partition coefficient (Wildman–Crippen LogP) is 4.31. The van der Waals surface area contributed by atoms with E-state index in [9.17, 15) is 4.39 Å². The number of fused-ring (bicyclic) bond motifs is 1. The molecule has 1 aliphatic heterocycles. The van der Waals surface area contributed by atoms with Crippen molar-refractivity contribution >= 4 is 33.0 Å². The molecule has 0 aromatic heterocycles. The van der Waals surface area contributed by atoms with Crippen LogP contribution in [0.5, 0.6) is 0 Å². The number of halogens is 2. The molecule has 0 unspecified atom stereocenters. The molecule has 0 N–H and O–H groups in total. The van der Waals surface area contributed by atoms with Crippen molar-refractivity contribution in [2.45, 2.75) is 5.33 Å². The number of alkyl halides is 1. The van der Waals surface area contributed by atoms with E-state index in [2.05, 4.69) is 51.0 Å². The lowest BCUT2D eigenvalue weighted by molar-refractivity contribution is 0.626. The van der Waals surface area contributed by atoms with Gasteiger partial charge in [-0.2, -0.15) is 0 Å². The number of hydrogen-bond acceptors (Lipinski definition) is 2. The summed E-state index contributed by atoms with van der Waals surface area (Å²) in [5.41, 5.74) is 4.44. The largest absolute Gasteiger partial charge is 0.371 e. The van der Waals surface area contributed by atoms with Crippen molar-refractivity contribution < 1.29 is 4.39 Å². The monoisotopic (exact) mass is 334 g/mol. The van der Waals surface area contributed by atoms with Crippen LogP contribution in [0, 0.1) is 5.82 Å². The molecule has 0 atom stereocenters. The minimum absolute atomic E-state index is 0.189. The van der Waals surface area contributed by atoms with Crippen LogP contribution in [-0.4, -0.2) is 20.1 Å². The number of para-hydroxylation sites is 2. The third-order valence-corrected chi connectivity index (χ3v) is 4.32. The van der Waals surface area contributed by atoms with Gasteiger partial charge >= 0.3 is 0 Å². The Bertz CT molecular complexity index is 630. The SMILES string of the molecule is CN1CCN(c2ccc(F)cc2CBr)c2ccccc21. The van der Waals surface area contributed by atoms with E-state index in [1.165, 1.54) is 17.4 Å². The highest BCUT2D eigenvalue weighted by molar-refractivity contribution is 9.08. The van der Waals surface area contributed by atoms with Gasteiger partial charge in [0.15, 0.2) is 0 Å². The molecule has 0 spiro atoms. The van der Waals surface area contributed by atoms with Gasteiger partial charge in [0.05, 0.1) is 11.4 Å². The molecule has 2 nitrogen and oxygen atoms in total. The Morgan fingerprint density at radius 2 is 1.80 bits per heavy atom. The van der Waals surface area contributed by atoms with Crippen LogP contribution in [0.25, 0.3) is 0 Å². The van der Waals surface area contributed by atoms with Crippen molar-refractivity contribution in [3.63, 3.8) is 0 Å². The van der Waals surface area contributed by atoms with Crippen LogP contribution in [-0.2, 0) is 5.33 Å². The van der Waals surface area contributed by atoms with Crippen LogP contribution in [0.15, 0.2) is 42.5 Å². The normalized spacial score (nSPS) is 14.3. The highest BCUT2D eigenvalue weighted by atomic mass is 79.9. The summed E-state index contributed by atoms with van der Waals surface area (Å²) in [7, 11) is 2.10. The Morgan fingerprint density at radius 3 is 2.55 bits per heavy atom. The molecule has 0 fully saturated rings. The Labute approximate surface area is 126 Å². The molecule has 2 aromatic rings.